The molecule has 2 rings (SSSR count). The molecule has 0 amide bonds. The van der Waals surface area contributed by atoms with Crippen LogP contribution in [0.25, 0.3) is 10.8 Å². The lowest BCUT2D eigenvalue weighted by molar-refractivity contribution is 0.418. The van der Waals surface area contributed by atoms with Crippen LogP contribution < -0.4 is 4.74 Å². The van der Waals surface area contributed by atoms with Crippen molar-refractivity contribution in [3.8, 4) is 5.75 Å². The number of benzene rings is 2. The molecule has 0 saturated heterocycles. The van der Waals surface area contributed by atoms with Gasteiger partial charge >= 0.3 is 0 Å². The number of rotatable bonds is 2. The van der Waals surface area contributed by atoms with E-state index in [-0.39, 0.29) is 0 Å². The van der Waals surface area contributed by atoms with E-state index in [1.165, 1.54) is 0 Å². The topological polar surface area (TPSA) is 26.3 Å². The van der Waals surface area contributed by atoms with Gasteiger partial charge in [0.1, 0.15) is 5.75 Å². The Kier molecular flexibility index (Phi) is 2.19. The van der Waals surface area contributed by atoms with Gasteiger partial charge in [-0.25, -0.2) is 0 Å². The Morgan fingerprint density at radius 3 is 2.64 bits per heavy atom. The van der Waals surface area contributed by atoms with Crippen LogP contribution >= 0.6 is 0 Å². The van der Waals surface area contributed by atoms with Crippen molar-refractivity contribution in [1.82, 2.24) is 0 Å². The molecule has 0 aliphatic heterocycles. The van der Waals surface area contributed by atoms with E-state index < -0.39 is 0 Å². The molecule has 0 aliphatic carbocycles. The van der Waals surface area contributed by atoms with Gasteiger partial charge in [0.25, 0.3) is 0 Å². The maximum absolute atomic E-state index is 10.6. The first-order valence-corrected chi connectivity index (χ1v) is 4.30. The molecule has 2 heteroatoms. The number of carbonyl (C=O) groups excluding carboxylic acids is 1. The standard InChI is InChI=1S/C12H9O2/c1-14-12-10(8-13)7-6-9-4-2-3-5-11(9)12/h2-7H,1H3. The number of hydrogen-bond donors (Lipinski definition) is 0. The summed E-state index contributed by atoms with van der Waals surface area (Å²) in [6.45, 7) is 0. The monoisotopic (exact) mass is 185 g/mol. The van der Waals surface area contributed by atoms with E-state index >= 15 is 0 Å². The molecule has 0 spiro atoms. The first-order chi connectivity index (χ1) is 6.86. The molecule has 0 bridgehead atoms. The molecule has 0 atom stereocenters. The Balaban J connectivity index is 2.83. The first kappa shape index (κ1) is 8.75. The van der Waals surface area contributed by atoms with Crippen LogP contribution in [0.15, 0.2) is 36.4 Å². The van der Waals surface area contributed by atoms with Crippen LogP contribution in [-0.4, -0.2) is 13.4 Å². The van der Waals surface area contributed by atoms with Crippen LogP contribution in [0.5, 0.6) is 5.75 Å². The normalized spacial score (nSPS) is 10.1. The second-order valence-corrected chi connectivity index (χ2v) is 2.97. The smallest absolute Gasteiger partial charge is 0.237 e. The summed E-state index contributed by atoms with van der Waals surface area (Å²) < 4.78 is 5.19. The van der Waals surface area contributed by atoms with Crippen LogP contribution in [0, 0.1) is 0 Å². The molecule has 2 aromatic carbocycles. The molecular weight excluding hydrogens is 176 g/mol. The highest BCUT2D eigenvalue weighted by Gasteiger charge is 2.06. The Hall–Kier alpha value is -1.83. The summed E-state index contributed by atoms with van der Waals surface area (Å²) in [5, 5.41) is 2.00. The molecule has 0 fully saturated rings. The molecule has 1 radical (unpaired) electrons. The summed E-state index contributed by atoms with van der Waals surface area (Å²) in [4.78, 5) is 10.6. The zero-order valence-corrected chi connectivity index (χ0v) is 7.78. The second-order valence-electron chi connectivity index (χ2n) is 2.97. The predicted octanol–water partition coefficient (Wildman–Crippen LogP) is 2.31. The van der Waals surface area contributed by atoms with Crippen molar-refractivity contribution < 1.29 is 9.53 Å². The third-order valence-corrected chi connectivity index (χ3v) is 2.19. The molecule has 69 valence electrons. The molecule has 2 aromatic rings. The van der Waals surface area contributed by atoms with Crippen LogP contribution in [0.2, 0.25) is 0 Å². The SMILES string of the molecule is COc1c([C]=O)ccc2ccccc12. The Morgan fingerprint density at radius 2 is 1.93 bits per heavy atom. The molecule has 2 nitrogen and oxygen atoms in total. The lowest BCUT2D eigenvalue weighted by Crippen LogP contribution is -1.91. The van der Waals surface area contributed by atoms with Crippen molar-refractivity contribution in [3.63, 3.8) is 0 Å². The fourth-order valence-electron chi connectivity index (χ4n) is 1.54. The number of hydrogen-bond acceptors (Lipinski definition) is 2. The van der Waals surface area contributed by atoms with Crippen LogP contribution in [0.3, 0.4) is 0 Å². The third kappa shape index (κ3) is 1.25. The van der Waals surface area contributed by atoms with Crippen LogP contribution in [0.1, 0.15) is 5.56 Å². The Labute approximate surface area is 82.1 Å². The maximum Gasteiger partial charge on any atom is 0.237 e. The highest BCUT2D eigenvalue weighted by Crippen LogP contribution is 2.28. The highest BCUT2D eigenvalue weighted by atomic mass is 16.5. The van der Waals surface area contributed by atoms with E-state index in [4.69, 9.17) is 4.74 Å². The fourth-order valence-corrected chi connectivity index (χ4v) is 1.54. The minimum Gasteiger partial charge on any atom is -0.495 e. The minimum absolute atomic E-state index is 0.464. The first-order valence-electron chi connectivity index (χ1n) is 4.30. The molecule has 0 aliphatic rings. The zero-order valence-electron chi connectivity index (χ0n) is 7.78. The van der Waals surface area contributed by atoms with E-state index in [1.54, 1.807) is 13.2 Å². The van der Waals surface area contributed by atoms with E-state index in [0.717, 1.165) is 10.8 Å². The summed E-state index contributed by atoms with van der Waals surface area (Å²) in [6, 6.07) is 11.4. The van der Waals surface area contributed by atoms with Gasteiger partial charge in [-0.05, 0) is 11.5 Å². The van der Waals surface area contributed by atoms with Gasteiger partial charge in [0.2, 0.25) is 6.29 Å². The van der Waals surface area contributed by atoms with Gasteiger partial charge in [-0.3, -0.25) is 4.79 Å². The van der Waals surface area contributed by atoms with E-state index in [2.05, 4.69) is 0 Å². The van der Waals surface area contributed by atoms with Crippen molar-refractivity contribution in [3.05, 3.63) is 42.0 Å². The number of methoxy groups -OCH3 is 1. The summed E-state index contributed by atoms with van der Waals surface area (Å²) in [5.74, 6) is 0.595. The Morgan fingerprint density at radius 1 is 1.14 bits per heavy atom. The van der Waals surface area contributed by atoms with Gasteiger partial charge < -0.3 is 4.74 Å². The minimum atomic E-state index is 0.464. The summed E-state index contributed by atoms with van der Waals surface area (Å²) in [7, 11) is 1.56. The van der Waals surface area contributed by atoms with E-state index in [1.807, 2.05) is 36.6 Å². The van der Waals surface area contributed by atoms with Crippen LogP contribution in [0.4, 0.5) is 0 Å². The third-order valence-electron chi connectivity index (χ3n) is 2.19. The Bertz CT molecular complexity index is 475. The predicted molar refractivity (Wildman–Crippen MR) is 55.3 cm³/mol. The molecule has 0 heterocycles. The van der Waals surface area contributed by atoms with Gasteiger partial charge in [-0.15, -0.1) is 0 Å². The zero-order chi connectivity index (χ0) is 9.97. The molecule has 14 heavy (non-hydrogen) atoms. The average molecular weight is 185 g/mol. The lowest BCUT2D eigenvalue weighted by Gasteiger charge is -2.06. The molecule has 0 saturated carbocycles. The molecule has 0 unspecified atom stereocenters. The quantitative estimate of drug-likeness (QED) is 0.717. The largest absolute Gasteiger partial charge is 0.495 e. The van der Waals surface area contributed by atoms with E-state index in [0.29, 0.717) is 11.3 Å². The fraction of sp³-hybridized carbons (Fsp3) is 0.0833. The van der Waals surface area contributed by atoms with Gasteiger partial charge in [-0.2, -0.15) is 0 Å². The van der Waals surface area contributed by atoms with Gasteiger partial charge in [-0.1, -0.05) is 30.3 Å². The summed E-state index contributed by atoms with van der Waals surface area (Å²) >= 11 is 0. The van der Waals surface area contributed by atoms with Gasteiger partial charge in [0, 0.05) is 5.39 Å². The lowest BCUT2D eigenvalue weighted by atomic mass is 10.1. The van der Waals surface area contributed by atoms with Crippen molar-refractivity contribution in [2.24, 2.45) is 0 Å². The molecular formula is C12H9O2. The number of fused-ring (bicyclic) bond motifs is 1. The molecule has 0 aromatic heterocycles. The second kappa shape index (κ2) is 3.50. The van der Waals surface area contributed by atoms with Crippen molar-refractivity contribution in [2.45, 2.75) is 0 Å². The maximum atomic E-state index is 10.6. The van der Waals surface area contributed by atoms with E-state index in [9.17, 15) is 4.79 Å². The van der Waals surface area contributed by atoms with Gasteiger partial charge in [0.15, 0.2) is 0 Å². The highest BCUT2D eigenvalue weighted by molar-refractivity contribution is 5.96. The van der Waals surface area contributed by atoms with Crippen molar-refractivity contribution in [2.75, 3.05) is 7.11 Å². The van der Waals surface area contributed by atoms with Crippen molar-refractivity contribution >= 4 is 17.1 Å². The van der Waals surface area contributed by atoms with Crippen molar-refractivity contribution in [1.29, 1.82) is 0 Å². The van der Waals surface area contributed by atoms with Crippen LogP contribution in [-0.2, 0) is 4.79 Å². The average Bonchev–Trinajstić information content (AvgIpc) is 2.27. The molecule has 0 N–H and O–H groups in total. The number of ether oxygens (including phenoxy) is 1. The summed E-state index contributed by atoms with van der Waals surface area (Å²) in [6.07, 6.45) is 1.86. The van der Waals surface area contributed by atoms with Gasteiger partial charge in [0.05, 0.1) is 12.7 Å². The summed E-state index contributed by atoms with van der Waals surface area (Å²) in [5.41, 5.74) is 0.464.